The van der Waals surface area contributed by atoms with Crippen molar-refractivity contribution < 1.29 is 28.2 Å². The monoisotopic (exact) mass is 377 g/mol. The standard InChI is InChI=1S/C20H24FNO5/c1-5-26-19(24)15-14(12-7-9-13(21)10-8-12)16(20(25)27-6-2)18(23)22-17(15)11(3)4/h7-11,14,16H,5-6H2,1-4H3,(H,22,23). The molecule has 2 rings (SSSR count). The minimum atomic E-state index is -1.27. The first kappa shape index (κ1) is 20.6. The molecule has 1 N–H and O–H groups in total. The third-order valence-electron chi connectivity index (χ3n) is 4.32. The molecule has 1 aromatic rings. The van der Waals surface area contributed by atoms with Crippen molar-refractivity contribution in [1.82, 2.24) is 5.32 Å². The van der Waals surface area contributed by atoms with E-state index in [2.05, 4.69) is 5.32 Å². The van der Waals surface area contributed by atoms with E-state index in [4.69, 9.17) is 9.47 Å². The second kappa shape index (κ2) is 8.79. The SMILES string of the molecule is CCOC(=O)C1=C(C(C)C)NC(=O)C(C(=O)OCC)C1c1ccc(F)cc1. The number of rotatable bonds is 6. The van der Waals surface area contributed by atoms with Gasteiger partial charge in [0, 0.05) is 11.6 Å². The van der Waals surface area contributed by atoms with Crippen LogP contribution in [0.2, 0.25) is 0 Å². The van der Waals surface area contributed by atoms with Gasteiger partial charge in [-0.1, -0.05) is 26.0 Å². The highest BCUT2D eigenvalue weighted by Crippen LogP contribution is 2.40. The van der Waals surface area contributed by atoms with E-state index in [1.807, 2.05) is 13.8 Å². The fraction of sp³-hybridized carbons (Fsp3) is 0.450. The summed E-state index contributed by atoms with van der Waals surface area (Å²) in [4.78, 5) is 38.0. The van der Waals surface area contributed by atoms with Gasteiger partial charge in [-0.05, 0) is 37.5 Å². The Balaban J connectivity index is 2.70. The molecule has 1 aliphatic heterocycles. The summed E-state index contributed by atoms with van der Waals surface area (Å²) in [7, 11) is 0. The molecule has 6 nitrogen and oxygen atoms in total. The highest BCUT2D eigenvalue weighted by atomic mass is 19.1. The first-order chi connectivity index (χ1) is 12.8. The molecule has 0 fully saturated rings. The van der Waals surface area contributed by atoms with Gasteiger partial charge in [0.2, 0.25) is 5.91 Å². The molecule has 0 aromatic heterocycles. The number of carbonyl (C=O) groups excluding carboxylic acids is 3. The number of nitrogens with one attached hydrogen (secondary N) is 1. The quantitative estimate of drug-likeness (QED) is 0.609. The van der Waals surface area contributed by atoms with Gasteiger partial charge in [-0.2, -0.15) is 0 Å². The smallest absolute Gasteiger partial charge is 0.336 e. The first-order valence-electron chi connectivity index (χ1n) is 8.95. The van der Waals surface area contributed by atoms with Crippen LogP contribution in [0.15, 0.2) is 35.5 Å². The molecule has 0 spiro atoms. The molecule has 0 radical (unpaired) electrons. The highest BCUT2D eigenvalue weighted by molar-refractivity contribution is 6.05. The minimum Gasteiger partial charge on any atom is -0.465 e. The van der Waals surface area contributed by atoms with Gasteiger partial charge >= 0.3 is 11.9 Å². The number of benzene rings is 1. The van der Waals surface area contributed by atoms with Crippen molar-refractivity contribution >= 4 is 17.8 Å². The average molecular weight is 377 g/mol. The Hall–Kier alpha value is -2.70. The van der Waals surface area contributed by atoms with Crippen LogP contribution in [0.4, 0.5) is 4.39 Å². The van der Waals surface area contributed by atoms with Crippen molar-refractivity contribution in [3.8, 4) is 0 Å². The van der Waals surface area contributed by atoms with Crippen LogP contribution in [0, 0.1) is 17.7 Å². The van der Waals surface area contributed by atoms with Crippen molar-refractivity contribution in [3.63, 3.8) is 0 Å². The van der Waals surface area contributed by atoms with Gasteiger partial charge in [0.25, 0.3) is 0 Å². The van der Waals surface area contributed by atoms with Crippen molar-refractivity contribution in [3.05, 3.63) is 46.9 Å². The lowest BCUT2D eigenvalue weighted by molar-refractivity contribution is -0.153. The number of carbonyl (C=O) groups is 3. The van der Waals surface area contributed by atoms with E-state index in [1.165, 1.54) is 24.3 Å². The molecule has 2 unspecified atom stereocenters. The summed E-state index contributed by atoms with van der Waals surface area (Å²) in [6.07, 6.45) is 0. The molecule has 0 bridgehead atoms. The number of hydrogen-bond acceptors (Lipinski definition) is 5. The Morgan fingerprint density at radius 3 is 2.22 bits per heavy atom. The van der Waals surface area contributed by atoms with E-state index in [1.54, 1.807) is 13.8 Å². The molecule has 0 saturated heterocycles. The van der Waals surface area contributed by atoms with E-state index in [0.29, 0.717) is 11.3 Å². The van der Waals surface area contributed by atoms with Crippen molar-refractivity contribution in [2.75, 3.05) is 13.2 Å². The number of allylic oxidation sites excluding steroid dienone is 1. The van der Waals surface area contributed by atoms with Gasteiger partial charge < -0.3 is 14.8 Å². The number of halogens is 1. The van der Waals surface area contributed by atoms with Crippen LogP contribution < -0.4 is 5.32 Å². The molecule has 0 aliphatic carbocycles. The zero-order chi connectivity index (χ0) is 20.1. The number of hydrogen-bond donors (Lipinski definition) is 1. The van der Waals surface area contributed by atoms with Crippen molar-refractivity contribution in [2.24, 2.45) is 11.8 Å². The van der Waals surface area contributed by atoms with Gasteiger partial charge in [-0.15, -0.1) is 0 Å². The topological polar surface area (TPSA) is 81.7 Å². The molecule has 1 heterocycles. The van der Waals surface area contributed by atoms with Gasteiger partial charge in [-0.3, -0.25) is 9.59 Å². The van der Waals surface area contributed by atoms with Gasteiger partial charge in [0.1, 0.15) is 11.7 Å². The van der Waals surface area contributed by atoms with Gasteiger partial charge in [0.15, 0.2) is 0 Å². The summed E-state index contributed by atoms with van der Waals surface area (Å²) in [6.45, 7) is 7.18. The molecule has 0 saturated carbocycles. The van der Waals surface area contributed by atoms with Crippen LogP contribution in [-0.4, -0.2) is 31.1 Å². The third kappa shape index (κ3) is 4.35. The van der Waals surface area contributed by atoms with Crippen molar-refractivity contribution in [1.29, 1.82) is 0 Å². The Labute approximate surface area is 157 Å². The summed E-state index contributed by atoms with van der Waals surface area (Å²) in [5, 5.41) is 2.67. The highest BCUT2D eigenvalue weighted by Gasteiger charge is 2.47. The Morgan fingerprint density at radius 2 is 1.70 bits per heavy atom. The normalized spacial score (nSPS) is 19.7. The van der Waals surface area contributed by atoms with Crippen LogP contribution in [0.25, 0.3) is 0 Å². The van der Waals surface area contributed by atoms with Gasteiger partial charge in [-0.25, -0.2) is 9.18 Å². The zero-order valence-electron chi connectivity index (χ0n) is 15.9. The number of amides is 1. The summed E-state index contributed by atoms with van der Waals surface area (Å²) in [5.74, 6) is -4.76. The Morgan fingerprint density at radius 1 is 1.11 bits per heavy atom. The molecule has 27 heavy (non-hydrogen) atoms. The van der Waals surface area contributed by atoms with Crippen LogP contribution in [0.1, 0.15) is 39.2 Å². The van der Waals surface area contributed by atoms with Gasteiger partial charge in [0.05, 0.1) is 18.8 Å². The van der Waals surface area contributed by atoms with Crippen LogP contribution in [0.3, 0.4) is 0 Å². The van der Waals surface area contributed by atoms with Crippen LogP contribution in [-0.2, 0) is 23.9 Å². The summed E-state index contributed by atoms with van der Waals surface area (Å²) in [6, 6.07) is 5.37. The van der Waals surface area contributed by atoms with E-state index < -0.39 is 35.5 Å². The summed E-state index contributed by atoms with van der Waals surface area (Å²) in [5.41, 5.74) is 1.05. The zero-order valence-corrected chi connectivity index (χ0v) is 15.9. The molecule has 2 atom stereocenters. The lowest BCUT2D eigenvalue weighted by Crippen LogP contribution is -2.47. The van der Waals surface area contributed by atoms with E-state index >= 15 is 0 Å². The molecule has 1 aliphatic rings. The third-order valence-corrected chi connectivity index (χ3v) is 4.32. The number of esters is 2. The molecule has 7 heteroatoms. The Bertz CT molecular complexity index is 754. The molecular formula is C20H24FNO5. The first-order valence-corrected chi connectivity index (χ1v) is 8.95. The Kier molecular flexibility index (Phi) is 6.71. The second-order valence-corrected chi connectivity index (χ2v) is 6.45. The maximum absolute atomic E-state index is 13.4. The molecule has 1 amide bonds. The van der Waals surface area contributed by atoms with Crippen LogP contribution >= 0.6 is 0 Å². The predicted octanol–water partition coefficient (Wildman–Crippen LogP) is 2.69. The second-order valence-electron chi connectivity index (χ2n) is 6.45. The average Bonchev–Trinajstić information content (AvgIpc) is 2.61. The van der Waals surface area contributed by atoms with Crippen LogP contribution in [0.5, 0.6) is 0 Å². The largest absolute Gasteiger partial charge is 0.465 e. The lowest BCUT2D eigenvalue weighted by Gasteiger charge is -2.34. The predicted molar refractivity (Wildman–Crippen MR) is 95.9 cm³/mol. The maximum Gasteiger partial charge on any atom is 0.336 e. The molecule has 146 valence electrons. The molecular weight excluding hydrogens is 353 g/mol. The number of ether oxygens (including phenoxy) is 2. The van der Waals surface area contributed by atoms with Crippen molar-refractivity contribution in [2.45, 2.75) is 33.6 Å². The molecule has 1 aromatic carbocycles. The fourth-order valence-corrected chi connectivity index (χ4v) is 3.17. The minimum absolute atomic E-state index is 0.0915. The summed E-state index contributed by atoms with van der Waals surface area (Å²) >= 11 is 0. The fourth-order valence-electron chi connectivity index (χ4n) is 3.17. The lowest BCUT2D eigenvalue weighted by atomic mass is 9.75. The van der Waals surface area contributed by atoms with E-state index in [-0.39, 0.29) is 24.7 Å². The summed E-state index contributed by atoms with van der Waals surface area (Å²) < 4.78 is 23.7. The maximum atomic E-state index is 13.4. The van der Waals surface area contributed by atoms with E-state index in [0.717, 1.165) is 0 Å². The van der Waals surface area contributed by atoms with E-state index in [9.17, 15) is 18.8 Å².